The highest BCUT2D eigenvalue weighted by atomic mass is 16.6. The van der Waals surface area contributed by atoms with Crippen molar-refractivity contribution in [2.45, 2.75) is 24.5 Å². The lowest BCUT2D eigenvalue weighted by atomic mass is 10.1. The zero-order valence-electron chi connectivity index (χ0n) is 8.42. The Morgan fingerprint density at radius 1 is 1.53 bits per heavy atom. The summed E-state index contributed by atoms with van der Waals surface area (Å²) in [4.78, 5) is 10.9. The molecule has 7 nitrogen and oxygen atoms in total. The van der Waals surface area contributed by atoms with Crippen LogP contribution in [0.2, 0.25) is 0 Å². The summed E-state index contributed by atoms with van der Waals surface area (Å²) in [5, 5.41) is 21.4. The molecule has 88 valence electrons. The average Bonchev–Trinajstić information content (AvgIpc) is 2.47. The Morgan fingerprint density at radius 3 is 2.73 bits per heavy atom. The van der Waals surface area contributed by atoms with Crippen LogP contribution in [0, 0.1) is 0 Å². The molecule has 0 aromatic rings. The molecule has 0 saturated carbocycles. The van der Waals surface area contributed by atoms with E-state index in [0.717, 1.165) is 0 Å². The van der Waals surface area contributed by atoms with E-state index in [0.29, 0.717) is 0 Å². The molecule has 1 heterocycles. The summed E-state index contributed by atoms with van der Waals surface area (Å²) >= 11 is 0. The van der Waals surface area contributed by atoms with Crippen LogP contribution in [-0.4, -0.2) is 60.9 Å². The second-order valence-electron chi connectivity index (χ2n) is 3.30. The molecule has 1 unspecified atom stereocenters. The van der Waals surface area contributed by atoms with Gasteiger partial charge in [-0.25, -0.2) is 0 Å². The molecular formula is C8H16N2O5. The fourth-order valence-corrected chi connectivity index (χ4v) is 1.39. The van der Waals surface area contributed by atoms with Crippen molar-refractivity contribution in [1.29, 1.82) is 0 Å². The first-order valence-electron chi connectivity index (χ1n) is 4.60. The van der Waals surface area contributed by atoms with Gasteiger partial charge in [0.1, 0.15) is 18.3 Å². The number of carbonyl (C=O) groups is 1. The zero-order valence-corrected chi connectivity index (χ0v) is 8.42. The molecular weight excluding hydrogens is 204 g/mol. The van der Waals surface area contributed by atoms with Crippen LogP contribution in [-0.2, 0) is 14.3 Å². The van der Waals surface area contributed by atoms with Gasteiger partial charge in [0.05, 0.1) is 13.2 Å². The molecule has 0 aliphatic carbocycles. The standard InChI is InChI=1S/C8H16N2O5/c1-14-3-4-6(12)7(13)8(15-4)10-5(11)2-9/h4,6-8,12-13H,2-3,9H2,1H3,(H,10,11)/t4-,6?,7+,8-/m1/s1. The molecule has 4 atom stereocenters. The van der Waals surface area contributed by atoms with Gasteiger partial charge in [-0.05, 0) is 0 Å². The van der Waals surface area contributed by atoms with E-state index in [1.807, 2.05) is 0 Å². The summed E-state index contributed by atoms with van der Waals surface area (Å²) in [7, 11) is 1.45. The highest BCUT2D eigenvalue weighted by Gasteiger charge is 2.43. The number of aliphatic hydroxyl groups is 2. The quantitative estimate of drug-likeness (QED) is 0.405. The molecule has 1 aliphatic heterocycles. The number of carbonyl (C=O) groups excluding carboxylic acids is 1. The molecule has 0 radical (unpaired) electrons. The van der Waals surface area contributed by atoms with Gasteiger partial charge in [-0.3, -0.25) is 4.79 Å². The first-order valence-corrected chi connectivity index (χ1v) is 4.60. The Balaban J connectivity index is 2.51. The van der Waals surface area contributed by atoms with Gasteiger partial charge in [-0.15, -0.1) is 0 Å². The van der Waals surface area contributed by atoms with E-state index in [-0.39, 0.29) is 13.2 Å². The summed E-state index contributed by atoms with van der Waals surface area (Å²) in [5.74, 6) is -0.454. The van der Waals surface area contributed by atoms with Crippen LogP contribution < -0.4 is 11.1 Å². The molecule has 5 N–H and O–H groups in total. The Labute approximate surface area is 87.2 Å². The SMILES string of the molecule is COC[C@H]1O[C@@H](NC(=O)CN)[C@@H](O)C1O. The lowest BCUT2D eigenvalue weighted by molar-refractivity contribution is -0.126. The Bertz CT molecular complexity index is 225. The van der Waals surface area contributed by atoms with Crippen molar-refractivity contribution in [3.63, 3.8) is 0 Å². The van der Waals surface area contributed by atoms with Gasteiger partial charge in [0.25, 0.3) is 0 Å². The lowest BCUT2D eigenvalue weighted by Gasteiger charge is -2.15. The molecule has 0 aromatic heterocycles. The minimum absolute atomic E-state index is 0.146. The highest BCUT2D eigenvalue weighted by Crippen LogP contribution is 2.19. The van der Waals surface area contributed by atoms with Gasteiger partial charge in [-0.1, -0.05) is 0 Å². The lowest BCUT2D eigenvalue weighted by Crippen LogP contribution is -2.45. The maximum Gasteiger partial charge on any atom is 0.235 e. The fraction of sp³-hybridized carbons (Fsp3) is 0.875. The number of methoxy groups -OCH3 is 1. The van der Waals surface area contributed by atoms with Crippen molar-refractivity contribution < 1.29 is 24.5 Å². The van der Waals surface area contributed by atoms with Gasteiger partial charge in [-0.2, -0.15) is 0 Å². The molecule has 1 rings (SSSR count). The van der Waals surface area contributed by atoms with Gasteiger partial charge in [0.2, 0.25) is 5.91 Å². The van der Waals surface area contributed by atoms with E-state index in [4.69, 9.17) is 15.2 Å². The number of nitrogens with two attached hydrogens (primary N) is 1. The number of aliphatic hydroxyl groups excluding tert-OH is 2. The molecule has 7 heteroatoms. The largest absolute Gasteiger partial charge is 0.387 e. The Kier molecular flexibility index (Phi) is 4.43. The molecule has 1 aliphatic rings. The van der Waals surface area contributed by atoms with Gasteiger partial charge in [0, 0.05) is 7.11 Å². The van der Waals surface area contributed by atoms with E-state index in [1.54, 1.807) is 0 Å². The third-order valence-electron chi connectivity index (χ3n) is 2.18. The molecule has 0 bridgehead atoms. The molecule has 0 spiro atoms. The predicted octanol–water partition coefficient (Wildman–Crippen LogP) is -2.85. The van der Waals surface area contributed by atoms with Crippen molar-refractivity contribution >= 4 is 5.91 Å². The van der Waals surface area contributed by atoms with Crippen LogP contribution in [0.4, 0.5) is 0 Å². The number of rotatable bonds is 4. The van der Waals surface area contributed by atoms with Crippen LogP contribution in [0.25, 0.3) is 0 Å². The average molecular weight is 220 g/mol. The first kappa shape index (κ1) is 12.3. The monoisotopic (exact) mass is 220 g/mol. The summed E-state index contributed by atoms with van der Waals surface area (Å²) in [6.07, 6.45) is -3.82. The minimum atomic E-state index is -1.17. The topological polar surface area (TPSA) is 114 Å². The van der Waals surface area contributed by atoms with Crippen molar-refractivity contribution in [2.75, 3.05) is 20.3 Å². The van der Waals surface area contributed by atoms with Crippen LogP contribution in [0.5, 0.6) is 0 Å². The van der Waals surface area contributed by atoms with Crippen LogP contribution in [0.1, 0.15) is 0 Å². The van der Waals surface area contributed by atoms with E-state index in [1.165, 1.54) is 7.11 Å². The maximum atomic E-state index is 10.9. The van der Waals surface area contributed by atoms with Crippen molar-refractivity contribution in [3.05, 3.63) is 0 Å². The maximum absolute atomic E-state index is 10.9. The van der Waals surface area contributed by atoms with E-state index in [2.05, 4.69) is 5.32 Å². The minimum Gasteiger partial charge on any atom is -0.387 e. The fourth-order valence-electron chi connectivity index (χ4n) is 1.39. The molecule has 1 amide bonds. The van der Waals surface area contributed by atoms with Crippen LogP contribution >= 0.6 is 0 Å². The van der Waals surface area contributed by atoms with Crippen molar-refractivity contribution in [3.8, 4) is 0 Å². The highest BCUT2D eigenvalue weighted by molar-refractivity contribution is 5.78. The normalized spacial score (nSPS) is 35.5. The first-order chi connectivity index (χ1) is 7.10. The summed E-state index contributed by atoms with van der Waals surface area (Å²) < 4.78 is 9.98. The number of hydrogen-bond donors (Lipinski definition) is 4. The zero-order chi connectivity index (χ0) is 11.4. The van der Waals surface area contributed by atoms with Crippen LogP contribution in [0.3, 0.4) is 0 Å². The number of hydrogen-bond acceptors (Lipinski definition) is 6. The Hall–Kier alpha value is -0.730. The second-order valence-corrected chi connectivity index (χ2v) is 3.30. The molecule has 1 fully saturated rings. The van der Waals surface area contributed by atoms with E-state index >= 15 is 0 Å². The summed E-state index contributed by atoms with van der Waals surface area (Å²) in [6.45, 7) is -0.0508. The van der Waals surface area contributed by atoms with E-state index < -0.39 is 30.4 Å². The Morgan fingerprint density at radius 2 is 2.20 bits per heavy atom. The second kappa shape index (κ2) is 5.38. The van der Waals surface area contributed by atoms with Crippen LogP contribution in [0.15, 0.2) is 0 Å². The number of nitrogens with one attached hydrogen (secondary N) is 1. The third-order valence-corrected chi connectivity index (χ3v) is 2.18. The van der Waals surface area contributed by atoms with Crippen molar-refractivity contribution in [2.24, 2.45) is 5.73 Å². The number of ether oxygens (including phenoxy) is 2. The summed E-state index contributed by atoms with van der Waals surface area (Å²) in [5.41, 5.74) is 5.09. The van der Waals surface area contributed by atoms with Gasteiger partial charge < -0.3 is 30.7 Å². The predicted molar refractivity (Wildman–Crippen MR) is 49.7 cm³/mol. The molecule has 15 heavy (non-hydrogen) atoms. The number of amides is 1. The van der Waals surface area contributed by atoms with Crippen molar-refractivity contribution in [1.82, 2.24) is 5.32 Å². The smallest absolute Gasteiger partial charge is 0.235 e. The summed E-state index contributed by atoms with van der Waals surface area (Å²) in [6, 6.07) is 0. The molecule has 0 aromatic carbocycles. The van der Waals surface area contributed by atoms with Gasteiger partial charge in [0.15, 0.2) is 6.23 Å². The van der Waals surface area contributed by atoms with E-state index in [9.17, 15) is 15.0 Å². The van der Waals surface area contributed by atoms with Gasteiger partial charge >= 0.3 is 0 Å². The third kappa shape index (κ3) is 2.86. The molecule has 1 saturated heterocycles.